The number of piperazine rings is 1. The highest BCUT2D eigenvalue weighted by Crippen LogP contribution is 2.33. The van der Waals surface area contributed by atoms with Crippen LogP contribution in [0.2, 0.25) is 0 Å². The molecule has 2 aliphatic rings. The number of amides is 1. The van der Waals surface area contributed by atoms with E-state index in [4.69, 9.17) is 14.2 Å². The molecule has 0 aromatic heterocycles. The summed E-state index contributed by atoms with van der Waals surface area (Å²) in [4.78, 5) is 17.8. The zero-order chi connectivity index (χ0) is 27.4. The first-order valence-corrected chi connectivity index (χ1v) is 14.3. The van der Waals surface area contributed by atoms with E-state index < -0.39 is 16.1 Å². The van der Waals surface area contributed by atoms with Crippen molar-refractivity contribution >= 4 is 15.9 Å². The van der Waals surface area contributed by atoms with Crippen LogP contribution in [0.15, 0.2) is 77.7 Å². The first-order valence-electron chi connectivity index (χ1n) is 12.9. The lowest BCUT2D eigenvalue weighted by Gasteiger charge is -2.36. The Kier molecular flexibility index (Phi) is 8.06. The zero-order valence-electron chi connectivity index (χ0n) is 22.2. The molecule has 9 nitrogen and oxygen atoms in total. The van der Waals surface area contributed by atoms with Crippen molar-refractivity contribution in [3.63, 3.8) is 0 Å². The minimum atomic E-state index is -3.82. The number of benzene rings is 3. The molecule has 0 aliphatic carbocycles. The lowest BCUT2D eigenvalue weighted by atomic mass is 10.0. The SMILES string of the molecule is COc1ccc([C@@H](CC(=O)N2CCN(Cc3ccc4c(c3)OCO4)CC2)N(C)S(=O)(=O)c2ccccc2)cc1. The Bertz CT molecular complexity index is 1390. The molecule has 0 unspecified atom stereocenters. The van der Waals surface area contributed by atoms with Crippen molar-refractivity contribution < 1.29 is 27.4 Å². The summed E-state index contributed by atoms with van der Waals surface area (Å²) >= 11 is 0. The average molecular weight is 552 g/mol. The summed E-state index contributed by atoms with van der Waals surface area (Å²) in [6.07, 6.45) is 0.0387. The fraction of sp³-hybridized carbons (Fsp3) is 0.345. The lowest BCUT2D eigenvalue weighted by molar-refractivity contribution is -0.134. The number of ether oxygens (including phenoxy) is 3. The van der Waals surface area contributed by atoms with Crippen LogP contribution < -0.4 is 14.2 Å². The molecular formula is C29H33N3O6S. The van der Waals surface area contributed by atoms with Crippen molar-refractivity contribution in [3.05, 3.63) is 83.9 Å². The van der Waals surface area contributed by atoms with E-state index in [0.29, 0.717) is 18.8 Å². The van der Waals surface area contributed by atoms with Gasteiger partial charge in [-0.25, -0.2) is 8.42 Å². The van der Waals surface area contributed by atoms with Gasteiger partial charge in [0.25, 0.3) is 0 Å². The van der Waals surface area contributed by atoms with Gasteiger partial charge in [-0.15, -0.1) is 0 Å². The van der Waals surface area contributed by atoms with Crippen LogP contribution in [0.5, 0.6) is 17.2 Å². The summed E-state index contributed by atoms with van der Waals surface area (Å²) in [5.74, 6) is 2.12. The molecule has 2 heterocycles. The quantitative estimate of drug-likeness (QED) is 0.402. The molecule has 10 heteroatoms. The largest absolute Gasteiger partial charge is 0.497 e. The fourth-order valence-electron chi connectivity index (χ4n) is 4.96. The van der Waals surface area contributed by atoms with E-state index in [1.807, 2.05) is 35.2 Å². The van der Waals surface area contributed by atoms with Gasteiger partial charge in [-0.1, -0.05) is 36.4 Å². The molecule has 0 bridgehead atoms. The molecule has 206 valence electrons. The zero-order valence-corrected chi connectivity index (χ0v) is 23.0. The minimum Gasteiger partial charge on any atom is -0.497 e. The first kappa shape index (κ1) is 27.0. The average Bonchev–Trinajstić information content (AvgIpc) is 3.44. The van der Waals surface area contributed by atoms with E-state index in [9.17, 15) is 13.2 Å². The highest BCUT2D eigenvalue weighted by molar-refractivity contribution is 7.89. The van der Waals surface area contributed by atoms with Gasteiger partial charge in [0.2, 0.25) is 22.7 Å². The summed E-state index contributed by atoms with van der Waals surface area (Å²) in [5, 5.41) is 0. The predicted octanol–water partition coefficient (Wildman–Crippen LogP) is 3.52. The van der Waals surface area contributed by atoms with Gasteiger partial charge in [0.1, 0.15) is 5.75 Å². The van der Waals surface area contributed by atoms with Gasteiger partial charge >= 0.3 is 0 Å². The number of sulfonamides is 1. The Morgan fingerprint density at radius 2 is 1.64 bits per heavy atom. The maximum absolute atomic E-state index is 13.5. The Labute approximate surface area is 229 Å². The minimum absolute atomic E-state index is 0.0387. The highest BCUT2D eigenvalue weighted by atomic mass is 32.2. The van der Waals surface area contributed by atoms with Crippen LogP contribution in [0, 0.1) is 0 Å². The number of rotatable bonds is 9. The van der Waals surface area contributed by atoms with E-state index in [0.717, 1.165) is 42.3 Å². The number of nitrogens with zero attached hydrogens (tertiary/aromatic N) is 3. The van der Waals surface area contributed by atoms with Crippen LogP contribution >= 0.6 is 0 Å². The second-order valence-electron chi connectivity index (χ2n) is 9.67. The van der Waals surface area contributed by atoms with E-state index in [-0.39, 0.29) is 24.0 Å². The third kappa shape index (κ3) is 6.03. The van der Waals surface area contributed by atoms with Crippen LogP contribution in [0.1, 0.15) is 23.6 Å². The number of carbonyl (C=O) groups is 1. The standard InChI is InChI=1S/C29H33N3O6S/c1-30(39(34,35)25-6-4-3-5-7-25)26(23-9-11-24(36-2)12-10-23)19-29(33)32-16-14-31(15-17-32)20-22-8-13-27-28(18-22)38-21-37-27/h3-13,18,26H,14-17,19-21H2,1-2H3/t26-/m1/s1. The molecule has 1 saturated heterocycles. The molecule has 39 heavy (non-hydrogen) atoms. The van der Waals surface area contributed by atoms with E-state index in [1.165, 1.54) is 11.4 Å². The second kappa shape index (κ2) is 11.6. The number of fused-ring (bicyclic) bond motifs is 1. The van der Waals surface area contributed by atoms with Crippen molar-refractivity contribution in [2.24, 2.45) is 0 Å². The molecule has 5 rings (SSSR count). The summed E-state index contributed by atoms with van der Waals surface area (Å²) < 4.78 is 44.4. The lowest BCUT2D eigenvalue weighted by Crippen LogP contribution is -2.49. The predicted molar refractivity (Wildman–Crippen MR) is 146 cm³/mol. The molecule has 2 aliphatic heterocycles. The van der Waals surface area contributed by atoms with Gasteiger partial charge in [0.05, 0.1) is 18.0 Å². The van der Waals surface area contributed by atoms with Gasteiger partial charge in [-0.2, -0.15) is 4.31 Å². The number of carbonyl (C=O) groups excluding carboxylic acids is 1. The highest BCUT2D eigenvalue weighted by Gasteiger charge is 2.33. The summed E-state index contributed by atoms with van der Waals surface area (Å²) in [5.41, 5.74) is 1.86. The third-order valence-electron chi connectivity index (χ3n) is 7.30. The van der Waals surface area contributed by atoms with Crippen molar-refractivity contribution in [1.82, 2.24) is 14.1 Å². The Balaban J connectivity index is 1.27. The molecule has 3 aromatic rings. The van der Waals surface area contributed by atoms with Crippen molar-refractivity contribution in [1.29, 1.82) is 0 Å². The molecule has 0 N–H and O–H groups in total. The molecule has 1 fully saturated rings. The van der Waals surface area contributed by atoms with Crippen molar-refractivity contribution in [2.45, 2.75) is 23.9 Å². The fourth-order valence-corrected chi connectivity index (χ4v) is 6.32. The Hall–Kier alpha value is -3.60. The molecule has 0 spiro atoms. The first-order chi connectivity index (χ1) is 18.8. The maximum atomic E-state index is 13.5. The molecule has 1 atom stereocenters. The maximum Gasteiger partial charge on any atom is 0.243 e. The van der Waals surface area contributed by atoms with E-state index in [1.54, 1.807) is 49.6 Å². The summed E-state index contributed by atoms with van der Waals surface area (Å²) in [6, 6.07) is 20.8. The monoisotopic (exact) mass is 551 g/mol. The van der Waals surface area contributed by atoms with Crippen molar-refractivity contribution in [2.75, 3.05) is 47.1 Å². The van der Waals surface area contributed by atoms with Crippen LogP contribution in [-0.4, -0.2) is 75.6 Å². The number of hydrogen-bond donors (Lipinski definition) is 0. The van der Waals surface area contributed by atoms with Gasteiger partial charge in [0, 0.05) is 46.2 Å². The van der Waals surface area contributed by atoms with Gasteiger partial charge in [-0.05, 0) is 47.5 Å². The van der Waals surface area contributed by atoms with Crippen LogP contribution in [-0.2, 0) is 21.4 Å². The van der Waals surface area contributed by atoms with Gasteiger partial charge < -0.3 is 19.1 Å². The van der Waals surface area contributed by atoms with E-state index >= 15 is 0 Å². The normalized spacial score (nSPS) is 16.3. The summed E-state index contributed by atoms with van der Waals surface area (Å²) in [6.45, 7) is 3.61. The molecule has 1 amide bonds. The van der Waals surface area contributed by atoms with Crippen LogP contribution in [0.3, 0.4) is 0 Å². The van der Waals surface area contributed by atoms with Crippen molar-refractivity contribution in [3.8, 4) is 17.2 Å². The Morgan fingerprint density at radius 1 is 0.949 bits per heavy atom. The van der Waals surface area contributed by atoms with Crippen LogP contribution in [0.25, 0.3) is 0 Å². The van der Waals surface area contributed by atoms with Gasteiger partial charge in [-0.3, -0.25) is 9.69 Å². The molecule has 3 aromatic carbocycles. The summed E-state index contributed by atoms with van der Waals surface area (Å²) in [7, 11) is -0.709. The van der Waals surface area contributed by atoms with Gasteiger partial charge in [0.15, 0.2) is 11.5 Å². The molecule has 0 radical (unpaired) electrons. The second-order valence-corrected chi connectivity index (χ2v) is 11.7. The number of methoxy groups -OCH3 is 1. The molecule has 0 saturated carbocycles. The van der Waals surface area contributed by atoms with E-state index in [2.05, 4.69) is 4.90 Å². The molecular weight excluding hydrogens is 518 g/mol. The smallest absolute Gasteiger partial charge is 0.243 e. The van der Waals surface area contributed by atoms with Crippen LogP contribution in [0.4, 0.5) is 0 Å². The Morgan fingerprint density at radius 3 is 2.33 bits per heavy atom. The third-order valence-corrected chi connectivity index (χ3v) is 9.18. The number of hydrogen-bond acceptors (Lipinski definition) is 7. The topological polar surface area (TPSA) is 88.6 Å².